The van der Waals surface area contributed by atoms with Crippen LogP contribution in [0.5, 0.6) is 0 Å². The van der Waals surface area contributed by atoms with Crippen LogP contribution >= 0.6 is 0 Å². The summed E-state index contributed by atoms with van der Waals surface area (Å²) in [6, 6.07) is 1.98. The minimum atomic E-state index is 0.153. The number of aryl methyl sites for hydroxylation is 1. The van der Waals surface area contributed by atoms with Gasteiger partial charge in [-0.2, -0.15) is 0 Å². The normalized spacial score (nSPS) is 15.0. The van der Waals surface area contributed by atoms with Gasteiger partial charge >= 0.3 is 0 Å². The van der Waals surface area contributed by atoms with E-state index in [9.17, 15) is 4.79 Å². The number of rotatable bonds is 5. The molecule has 0 saturated carbocycles. The van der Waals surface area contributed by atoms with Crippen molar-refractivity contribution in [3.8, 4) is 5.82 Å². The molecule has 1 aliphatic rings. The fourth-order valence-electron chi connectivity index (χ4n) is 3.28. The Morgan fingerprint density at radius 2 is 1.80 bits per heavy atom. The first-order valence-corrected chi connectivity index (χ1v) is 9.00. The molecule has 0 unspecified atom stereocenters. The summed E-state index contributed by atoms with van der Waals surface area (Å²) in [5, 5.41) is 0. The molecule has 3 rings (SSSR count). The van der Waals surface area contributed by atoms with Crippen molar-refractivity contribution >= 4 is 11.7 Å². The van der Waals surface area contributed by atoms with Gasteiger partial charge in [0.15, 0.2) is 0 Å². The fourth-order valence-corrected chi connectivity index (χ4v) is 3.28. The maximum absolute atomic E-state index is 12.5. The molecule has 0 aromatic carbocycles. The third-order valence-electron chi connectivity index (χ3n) is 4.83. The van der Waals surface area contributed by atoms with Crippen LogP contribution in [0.25, 0.3) is 5.82 Å². The van der Waals surface area contributed by atoms with Gasteiger partial charge in [-0.1, -0.05) is 13.8 Å². The van der Waals surface area contributed by atoms with Crippen LogP contribution in [-0.4, -0.2) is 56.5 Å². The molecule has 0 atom stereocenters. The van der Waals surface area contributed by atoms with Crippen molar-refractivity contribution in [2.24, 2.45) is 5.92 Å². The van der Waals surface area contributed by atoms with E-state index in [1.165, 1.54) is 0 Å². The summed E-state index contributed by atoms with van der Waals surface area (Å²) in [6.07, 6.45) is 7.17. The van der Waals surface area contributed by atoms with Crippen LogP contribution in [0.15, 0.2) is 24.8 Å². The highest BCUT2D eigenvalue weighted by atomic mass is 16.2. The molecule has 0 radical (unpaired) electrons. The number of carbonyl (C=O) groups excluding carboxylic acids is 1. The van der Waals surface area contributed by atoms with E-state index in [1.807, 2.05) is 28.7 Å². The van der Waals surface area contributed by atoms with Crippen molar-refractivity contribution in [3.63, 3.8) is 0 Å². The highest BCUT2D eigenvalue weighted by molar-refractivity contribution is 5.79. The Kier molecular flexibility index (Phi) is 5.31. The predicted molar refractivity (Wildman–Crippen MR) is 96.8 cm³/mol. The zero-order chi connectivity index (χ0) is 17.8. The van der Waals surface area contributed by atoms with Crippen LogP contribution < -0.4 is 4.90 Å². The molecule has 2 aromatic heterocycles. The van der Waals surface area contributed by atoms with Crippen LogP contribution in [0, 0.1) is 12.8 Å². The van der Waals surface area contributed by atoms with Gasteiger partial charge < -0.3 is 9.80 Å². The number of imidazole rings is 1. The van der Waals surface area contributed by atoms with Crippen molar-refractivity contribution in [1.82, 2.24) is 24.4 Å². The number of carbonyl (C=O) groups is 1. The quantitative estimate of drug-likeness (QED) is 0.832. The van der Waals surface area contributed by atoms with Gasteiger partial charge in [0.2, 0.25) is 5.91 Å². The second kappa shape index (κ2) is 7.63. The number of amides is 1. The Morgan fingerprint density at radius 1 is 1.12 bits per heavy atom. The van der Waals surface area contributed by atoms with Gasteiger partial charge in [0.05, 0.1) is 0 Å². The first-order valence-electron chi connectivity index (χ1n) is 9.00. The Bertz CT molecular complexity index is 702. The summed E-state index contributed by atoms with van der Waals surface area (Å²) >= 11 is 0. The first-order chi connectivity index (χ1) is 12.1. The van der Waals surface area contributed by atoms with E-state index in [0.29, 0.717) is 5.91 Å². The van der Waals surface area contributed by atoms with E-state index < -0.39 is 0 Å². The number of hydrogen-bond donors (Lipinski definition) is 0. The second-order valence-electron chi connectivity index (χ2n) is 6.43. The molecule has 0 aliphatic carbocycles. The van der Waals surface area contributed by atoms with Gasteiger partial charge in [0.1, 0.15) is 23.8 Å². The average Bonchev–Trinajstić information content (AvgIpc) is 3.17. The van der Waals surface area contributed by atoms with Crippen LogP contribution in [-0.2, 0) is 4.79 Å². The molecule has 134 valence electrons. The van der Waals surface area contributed by atoms with Crippen LogP contribution in [0.3, 0.4) is 0 Å². The molecule has 1 amide bonds. The van der Waals surface area contributed by atoms with Gasteiger partial charge in [-0.15, -0.1) is 0 Å². The zero-order valence-electron chi connectivity index (χ0n) is 15.2. The Balaban J connectivity index is 1.70. The van der Waals surface area contributed by atoms with E-state index in [1.54, 1.807) is 12.5 Å². The molecule has 1 fully saturated rings. The molecule has 25 heavy (non-hydrogen) atoms. The molecule has 3 heterocycles. The number of aromatic nitrogens is 4. The second-order valence-corrected chi connectivity index (χ2v) is 6.43. The lowest BCUT2D eigenvalue weighted by molar-refractivity contribution is -0.136. The molecule has 2 aromatic rings. The van der Waals surface area contributed by atoms with Crippen molar-refractivity contribution in [3.05, 3.63) is 30.6 Å². The first kappa shape index (κ1) is 17.4. The minimum Gasteiger partial charge on any atom is -0.353 e. The molecular weight excluding hydrogens is 316 g/mol. The third-order valence-corrected chi connectivity index (χ3v) is 4.83. The molecule has 1 saturated heterocycles. The minimum absolute atomic E-state index is 0.153. The number of piperazine rings is 1. The maximum Gasteiger partial charge on any atom is 0.225 e. The van der Waals surface area contributed by atoms with Gasteiger partial charge in [-0.3, -0.25) is 9.36 Å². The molecular formula is C18H26N6O. The van der Waals surface area contributed by atoms with Crippen molar-refractivity contribution in [2.75, 3.05) is 31.1 Å². The summed E-state index contributed by atoms with van der Waals surface area (Å²) in [7, 11) is 0. The lowest BCUT2D eigenvalue weighted by Crippen LogP contribution is -2.50. The van der Waals surface area contributed by atoms with Gasteiger partial charge in [0, 0.05) is 50.6 Å². The molecule has 0 bridgehead atoms. The number of nitrogens with zero attached hydrogens (tertiary/aromatic N) is 6. The maximum atomic E-state index is 12.5. The highest BCUT2D eigenvalue weighted by Gasteiger charge is 2.26. The van der Waals surface area contributed by atoms with E-state index in [2.05, 4.69) is 33.7 Å². The van der Waals surface area contributed by atoms with Crippen LogP contribution in [0.1, 0.15) is 32.5 Å². The van der Waals surface area contributed by atoms with Crippen LogP contribution in [0.4, 0.5) is 5.82 Å². The predicted octanol–water partition coefficient (Wildman–Crippen LogP) is 2.06. The summed E-state index contributed by atoms with van der Waals surface area (Å²) in [4.78, 5) is 29.9. The van der Waals surface area contributed by atoms with E-state index >= 15 is 0 Å². The number of anilines is 1. The van der Waals surface area contributed by atoms with Gasteiger partial charge in [-0.25, -0.2) is 15.0 Å². The smallest absolute Gasteiger partial charge is 0.225 e. The highest BCUT2D eigenvalue weighted by Crippen LogP contribution is 2.19. The lowest BCUT2D eigenvalue weighted by Gasteiger charge is -2.37. The SMILES string of the molecule is CCC(CC)C(=O)N1CCN(c2cc(-n3ccnc3)nc(C)n2)CC1. The fraction of sp³-hybridized carbons (Fsp3) is 0.556. The Labute approximate surface area is 148 Å². The van der Waals surface area contributed by atoms with E-state index in [4.69, 9.17) is 0 Å². The monoisotopic (exact) mass is 342 g/mol. The van der Waals surface area contributed by atoms with Gasteiger partial charge in [0.25, 0.3) is 0 Å². The van der Waals surface area contributed by atoms with E-state index in [0.717, 1.165) is 56.5 Å². The standard InChI is InChI=1S/C18H26N6O/c1-4-15(5-2)18(25)23-10-8-22(9-11-23)16-12-17(21-14(3)20-16)24-7-6-19-13-24/h6-7,12-13,15H,4-5,8-11H2,1-3H3. The average molecular weight is 342 g/mol. The molecule has 7 heteroatoms. The van der Waals surface area contributed by atoms with Gasteiger partial charge in [-0.05, 0) is 19.8 Å². The number of hydrogen-bond acceptors (Lipinski definition) is 5. The van der Waals surface area contributed by atoms with Crippen LogP contribution in [0.2, 0.25) is 0 Å². The summed E-state index contributed by atoms with van der Waals surface area (Å²) in [5.41, 5.74) is 0. The Morgan fingerprint density at radius 3 is 2.40 bits per heavy atom. The zero-order valence-corrected chi connectivity index (χ0v) is 15.2. The van der Waals surface area contributed by atoms with Crippen molar-refractivity contribution in [1.29, 1.82) is 0 Å². The van der Waals surface area contributed by atoms with Crippen molar-refractivity contribution < 1.29 is 4.79 Å². The molecule has 0 spiro atoms. The summed E-state index contributed by atoms with van der Waals surface area (Å²) < 4.78 is 1.88. The topological polar surface area (TPSA) is 67.2 Å². The van der Waals surface area contributed by atoms with Crippen molar-refractivity contribution in [2.45, 2.75) is 33.6 Å². The molecule has 7 nitrogen and oxygen atoms in total. The molecule has 1 aliphatic heterocycles. The lowest BCUT2D eigenvalue weighted by atomic mass is 10.0. The summed E-state index contributed by atoms with van der Waals surface area (Å²) in [5.74, 6) is 2.90. The third kappa shape index (κ3) is 3.81. The van der Waals surface area contributed by atoms with E-state index in [-0.39, 0.29) is 5.92 Å². The summed E-state index contributed by atoms with van der Waals surface area (Å²) in [6.45, 7) is 9.17. The Hall–Kier alpha value is -2.44. The molecule has 0 N–H and O–H groups in total. The largest absolute Gasteiger partial charge is 0.353 e.